The zero-order valence-electron chi connectivity index (χ0n) is 10.9. The third-order valence-electron chi connectivity index (χ3n) is 2.89. The van der Waals surface area contributed by atoms with Crippen molar-refractivity contribution in [2.24, 2.45) is 0 Å². The molecule has 2 nitrogen and oxygen atoms in total. The molecule has 0 unspecified atom stereocenters. The number of thiazole rings is 1. The van der Waals surface area contributed by atoms with Crippen LogP contribution in [0.5, 0.6) is 0 Å². The number of anilines is 2. The van der Waals surface area contributed by atoms with E-state index in [1.807, 2.05) is 23.6 Å². The minimum absolute atomic E-state index is 0.259. The summed E-state index contributed by atoms with van der Waals surface area (Å²) in [6.45, 7) is 2.06. The SMILES string of the molecule is Cc1cccc(-c2csc(Nc3cccc(F)c3)n2)c1. The Bertz CT molecular complexity index is 737. The van der Waals surface area contributed by atoms with Crippen molar-refractivity contribution in [2.45, 2.75) is 6.92 Å². The molecular formula is C16H13FN2S. The molecule has 0 aliphatic carbocycles. The molecule has 0 fully saturated rings. The number of nitrogens with zero attached hydrogens (tertiary/aromatic N) is 1. The maximum atomic E-state index is 13.1. The Balaban J connectivity index is 1.84. The lowest BCUT2D eigenvalue weighted by molar-refractivity contribution is 0.628. The molecular weight excluding hydrogens is 271 g/mol. The Labute approximate surface area is 120 Å². The molecule has 0 radical (unpaired) electrons. The number of hydrogen-bond acceptors (Lipinski definition) is 3. The molecule has 3 rings (SSSR count). The lowest BCUT2D eigenvalue weighted by Gasteiger charge is -2.02. The zero-order chi connectivity index (χ0) is 13.9. The number of nitrogens with one attached hydrogen (secondary N) is 1. The highest BCUT2D eigenvalue weighted by atomic mass is 32.1. The van der Waals surface area contributed by atoms with Crippen molar-refractivity contribution in [1.82, 2.24) is 4.98 Å². The van der Waals surface area contributed by atoms with E-state index in [9.17, 15) is 4.39 Å². The van der Waals surface area contributed by atoms with Crippen molar-refractivity contribution >= 4 is 22.2 Å². The van der Waals surface area contributed by atoms with Crippen molar-refractivity contribution in [3.05, 3.63) is 65.3 Å². The fraction of sp³-hybridized carbons (Fsp3) is 0.0625. The molecule has 0 aliphatic rings. The average Bonchev–Trinajstić information content (AvgIpc) is 2.87. The molecule has 2 aromatic carbocycles. The molecule has 3 aromatic rings. The van der Waals surface area contributed by atoms with Crippen molar-refractivity contribution < 1.29 is 4.39 Å². The van der Waals surface area contributed by atoms with Gasteiger partial charge in [-0.25, -0.2) is 9.37 Å². The summed E-state index contributed by atoms with van der Waals surface area (Å²) in [4.78, 5) is 4.53. The van der Waals surface area contributed by atoms with E-state index in [0.717, 1.165) is 16.4 Å². The van der Waals surface area contributed by atoms with E-state index in [1.165, 1.54) is 29.0 Å². The van der Waals surface area contributed by atoms with Crippen molar-refractivity contribution in [3.8, 4) is 11.3 Å². The smallest absolute Gasteiger partial charge is 0.187 e. The highest BCUT2D eigenvalue weighted by Crippen LogP contribution is 2.27. The van der Waals surface area contributed by atoms with Crippen LogP contribution in [0.4, 0.5) is 15.2 Å². The standard InChI is InChI=1S/C16H13FN2S/c1-11-4-2-5-12(8-11)15-10-20-16(19-15)18-14-7-3-6-13(17)9-14/h2-10H,1H3,(H,18,19). The zero-order valence-corrected chi connectivity index (χ0v) is 11.7. The second-order valence-electron chi connectivity index (χ2n) is 4.54. The van der Waals surface area contributed by atoms with E-state index in [4.69, 9.17) is 0 Å². The quantitative estimate of drug-likeness (QED) is 0.732. The summed E-state index contributed by atoms with van der Waals surface area (Å²) in [6.07, 6.45) is 0. The number of aromatic nitrogens is 1. The number of hydrogen-bond donors (Lipinski definition) is 1. The van der Waals surface area contributed by atoms with E-state index in [1.54, 1.807) is 6.07 Å². The van der Waals surface area contributed by atoms with Crippen LogP contribution in [0.2, 0.25) is 0 Å². The van der Waals surface area contributed by atoms with Crippen LogP contribution < -0.4 is 5.32 Å². The fourth-order valence-corrected chi connectivity index (χ4v) is 2.70. The van der Waals surface area contributed by atoms with Crippen LogP contribution in [0, 0.1) is 12.7 Å². The van der Waals surface area contributed by atoms with Gasteiger partial charge in [0.05, 0.1) is 5.69 Å². The Hall–Kier alpha value is -2.20. The van der Waals surface area contributed by atoms with E-state index < -0.39 is 0 Å². The predicted molar refractivity (Wildman–Crippen MR) is 82.0 cm³/mol. The minimum atomic E-state index is -0.259. The molecule has 0 saturated carbocycles. The molecule has 0 spiro atoms. The highest BCUT2D eigenvalue weighted by Gasteiger charge is 2.05. The molecule has 20 heavy (non-hydrogen) atoms. The first-order chi connectivity index (χ1) is 9.70. The van der Waals surface area contributed by atoms with E-state index in [0.29, 0.717) is 5.69 Å². The first-order valence-corrected chi connectivity index (χ1v) is 7.14. The van der Waals surface area contributed by atoms with Gasteiger partial charge in [-0.2, -0.15) is 0 Å². The van der Waals surface area contributed by atoms with Gasteiger partial charge >= 0.3 is 0 Å². The summed E-state index contributed by atoms with van der Waals surface area (Å²) >= 11 is 1.51. The largest absolute Gasteiger partial charge is 0.331 e. The number of aryl methyl sites for hydroxylation is 1. The van der Waals surface area contributed by atoms with Gasteiger partial charge in [-0.05, 0) is 31.2 Å². The molecule has 1 aromatic heterocycles. The lowest BCUT2D eigenvalue weighted by Crippen LogP contribution is -1.90. The van der Waals surface area contributed by atoms with Gasteiger partial charge in [0.25, 0.3) is 0 Å². The summed E-state index contributed by atoms with van der Waals surface area (Å²) < 4.78 is 13.1. The lowest BCUT2D eigenvalue weighted by atomic mass is 10.1. The van der Waals surface area contributed by atoms with Crippen LogP contribution in [0.3, 0.4) is 0 Å². The summed E-state index contributed by atoms with van der Waals surface area (Å²) in [5, 5.41) is 5.87. The van der Waals surface area contributed by atoms with Gasteiger partial charge in [0.1, 0.15) is 5.82 Å². The normalized spacial score (nSPS) is 10.5. The van der Waals surface area contributed by atoms with Crippen LogP contribution in [-0.4, -0.2) is 4.98 Å². The monoisotopic (exact) mass is 284 g/mol. The maximum absolute atomic E-state index is 13.1. The highest BCUT2D eigenvalue weighted by molar-refractivity contribution is 7.14. The molecule has 0 aliphatic heterocycles. The molecule has 1 N–H and O–H groups in total. The average molecular weight is 284 g/mol. The predicted octanol–water partition coefficient (Wildman–Crippen LogP) is 5.00. The molecule has 0 saturated heterocycles. The molecule has 0 bridgehead atoms. The Morgan fingerprint density at radius 2 is 1.95 bits per heavy atom. The minimum Gasteiger partial charge on any atom is -0.331 e. The first-order valence-electron chi connectivity index (χ1n) is 6.26. The van der Waals surface area contributed by atoms with Gasteiger partial charge in [0, 0.05) is 16.6 Å². The van der Waals surface area contributed by atoms with Gasteiger partial charge in [0.2, 0.25) is 0 Å². The Kier molecular flexibility index (Phi) is 3.48. The van der Waals surface area contributed by atoms with Crippen molar-refractivity contribution in [1.29, 1.82) is 0 Å². The number of halogens is 1. The summed E-state index contributed by atoms with van der Waals surface area (Å²) in [5.74, 6) is -0.259. The second kappa shape index (κ2) is 5.43. The molecule has 0 atom stereocenters. The third-order valence-corrected chi connectivity index (χ3v) is 3.65. The van der Waals surface area contributed by atoms with Crippen LogP contribution in [-0.2, 0) is 0 Å². The number of benzene rings is 2. The molecule has 0 amide bonds. The number of rotatable bonds is 3. The third kappa shape index (κ3) is 2.86. The topological polar surface area (TPSA) is 24.9 Å². The first kappa shape index (κ1) is 12.8. The summed E-state index contributed by atoms with van der Waals surface area (Å²) in [5.41, 5.74) is 3.93. The van der Waals surface area contributed by atoms with Crippen LogP contribution in [0.15, 0.2) is 53.9 Å². The molecule has 4 heteroatoms. The van der Waals surface area contributed by atoms with Gasteiger partial charge < -0.3 is 5.32 Å². The fourth-order valence-electron chi connectivity index (χ4n) is 1.96. The van der Waals surface area contributed by atoms with Crippen LogP contribution in [0.1, 0.15) is 5.56 Å². The van der Waals surface area contributed by atoms with E-state index in [-0.39, 0.29) is 5.82 Å². The molecule has 1 heterocycles. The van der Waals surface area contributed by atoms with Crippen LogP contribution in [0.25, 0.3) is 11.3 Å². The van der Waals surface area contributed by atoms with E-state index >= 15 is 0 Å². The molecule has 100 valence electrons. The van der Waals surface area contributed by atoms with Gasteiger partial charge in [-0.3, -0.25) is 0 Å². The van der Waals surface area contributed by atoms with Gasteiger partial charge in [0.15, 0.2) is 5.13 Å². The summed E-state index contributed by atoms with van der Waals surface area (Å²) in [6, 6.07) is 14.6. The van der Waals surface area contributed by atoms with Gasteiger partial charge in [-0.1, -0.05) is 29.8 Å². The van der Waals surface area contributed by atoms with Crippen molar-refractivity contribution in [2.75, 3.05) is 5.32 Å². The van der Waals surface area contributed by atoms with Crippen molar-refractivity contribution in [3.63, 3.8) is 0 Å². The summed E-state index contributed by atoms with van der Waals surface area (Å²) in [7, 11) is 0. The maximum Gasteiger partial charge on any atom is 0.187 e. The second-order valence-corrected chi connectivity index (χ2v) is 5.40. The van der Waals surface area contributed by atoms with Gasteiger partial charge in [-0.15, -0.1) is 11.3 Å². The Morgan fingerprint density at radius 1 is 1.10 bits per heavy atom. The van der Waals surface area contributed by atoms with Crippen LogP contribution >= 0.6 is 11.3 Å². The Morgan fingerprint density at radius 3 is 2.75 bits per heavy atom. The van der Waals surface area contributed by atoms with E-state index in [2.05, 4.69) is 29.4 Å².